The van der Waals surface area contributed by atoms with Crippen molar-refractivity contribution < 1.29 is 0 Å². The number of anilines is 1. The molecule has 0 saturated carbocycles. The Morgan fingerprint density at radius 2 is 2.11 bits per heavy atom. The lowest BCUT2D eigenvalue weighted by molar-refractivity contribution is 0.607. The van der Waals surface area contributed by atoms with E-state index in [-0.39, 0.29) is 0 Å². The number of fused-ring (bicyclic) bond motifs is 3. The first-order valence-corrected chi connectivity index (χ1v) is 8.06. The zero-order valence-corrected chi connectivity index (χ0v) is 12.5. The Morgan fingerprint density at radius 1 is 1.26 bits per heavy atom. The number of aryl methyl sites for hydroxylation is 2. The lowest BCUT2D eigenvalue weighted by Crippen LogP contribution is -2.07. The number of nitrogens with one attached hydrogen (secondary N) is 1. The first kappa shape index (κ1) is 12.9. The van der Waals surface area contributed by atoms with Gasteiger partial charge in [-0.3, -0.25) is 0 Å². The van der Waals surface area contributed by atoms with Crippen LogP contribution in [0.2, 0.25) is 0 Å². The first-order valence-electron chi connectivity index (χ1n) is 7.25. The van der Waals surface area contributed by atoms with Crippen LogP contribution in [0.4, 0.5) is 5.82 Å². The molecular weight excluding hydrogens is 254 g/mol. The molecule has 3 rings (SSSR count). The third kappa shape index (κ3) is 2.59. The lowest BCUT2D eigenvalue weighted by atomic mass is 9.97. The van der Waals surface area contributed by atoms with Gasteiger partial charge in [0, 0.05) is 11.4 Å². The van der Waals surface area contributed by atoms with Crippen LogP contribution in [0.25, 0.3) is 10.2 Å². The van der Waals surface area contributed by atoms with Gasteiger partial charge in [0.15, 0.2) is 0 Å². The molecule has 0 radical (unpaired) electrons. The van der Waals surface area contributed by atoms with E-state index in [1.165, 1.54) is 47.9 Å². The summed E-state index contributed by atoms with van der Waals surface area (Å²) in [6.07, 6.45) is 7.92. The summed E-state index contributed by atoms with van der Waals surface area (Å²) in [5.74, 6) is 1.77. The summed E-state index contributed by atoms with van der Waals surface area (Å²) in [6, 6.07) is 0. The van der Waals surface area contributed by atoms with Gasteiger partial charge in [0.2, 0.25) is 0 Å². The second-order valence-corrected chi connectivity index (χ2v) is 6.81. The van der Waals surface area contributed by atoms with Gasteiger partial charge >= 0.3 is 0 Å². The predicted molar refractivity (Wildman–Crippen MR) is 82.0 cm³/mol. The molecule has 1 aliphatic rings. The summed E-state index contributed by atoms with van der Waals surface area (Å²) in [4.78, 5) is 11.6. The van der Waals surface area contributed by atoms with E-state index in [9.17, 15) is 0 Å². The minimum atomic E-state index is 0.723. The fourth-order valence-electron chi connectivity index (χ4n) is 2.70. The van der Waals surface area contributed by atoms with E-state index in [1.54, 1.807) is 6.33 Å². The molecule has 4 heteroatoms. The average molecular weight is 275 g/mol. The number of rotatable bonds is 4. The second kappa shape index (κ2) is 5.45. The van der Waals surface area contributed by atoms with Crippen LogP contribution in [0.3, 0.4) is 0 Å². The Morgan fingerprint density at radius 3 is 2.95 bits per heavy atom. The largest absolute Gasteiger partial charge is 0.369 e. The molecule has 2 aromatic rings. The molecule has 1 N–H and O–H groups in total. The van der Waals surface area contributed by atoms with Crippen molar-refractivity contribution in [3.8, 4) is 0 Å². The number of hydrogen-bond donors (Lipinski definition) is 1. The van der Waals surface area contributed by atoms with Gasteiger partial charge < -0.3 is 5.32 Å². The number of aromatic nitrogens is 2. The monoisotopic (exact) mass is 275 g/mol. The molecule has 0 aromatic carbocycles. The number of thiophene rings is 1. The van der Waals surface area contributed by atoms with Gasteiger partial charge in [-0.2, -0.15) is 0 Å². The van der Waals surface area contributed by atoms with E-state index in [0.29, 0.717) is 0 Å². The van der Waals surface area contributed by atoms with E-state index >= 15 is 0 Å². The Balaban J connectivity index is 1.93. The van der Waals surface area contributed by atoms with Crippen LogP contribution >= 0.6 is 11.3 Å². The summed E-state index contributed by atoms with van der Waals surface area (Å²) >= 11 is 1.86. The minimum Gasteiger partial charge on any atom is -0.369 e. The summed E-state index contributed by atoms with van der Waals surface area (Å²) in [5, 5.41) is 4.81. The van der Waals surface area contributed by atoms with E-state index in [0.717, 1.165) is 23.1 Å². The van der Waals surface area contributed by atoms with E-state index in [1.807, 2.05) is 11.3 Å². The highest BCUT2D eigenvalue weighted by atomic mass is 32.1. The van der Waals surface area contributed by atoms with E-state index < -0.39 is 0 Å². The van der Waals surface area contributed by atoms with Crippen LogP contribution in [0, 0.1) is 5.92 Å². The van der Waals surface area contributed by atoms with Crippen molar-refractivity contribution >= 4 is 27.4 Å². The number of nitrogens with zero attached hydrogens (tertiary/aromatic N) is 2. The maximum absolute atomic E-state index is 4.47. The van der Waals surface area contributed by atoms with Crippen LogP contribution < -0.4 is 5.32 Å². The lowest BCUT2D eigenvalue weighted by Gasteiger charge is -2.12. The van der Waals surface area contributed by atoms with Gasteiger partial charge in [0.05, 0.1) is 5.39 Å². The molecule has 0 spiro atoms. The Hall–Kier alpha value is -1.16. The zero-order valence-electron chi connectivity index (χ0n) is 11.7. The normalized spacial score (nSPS) is 14.9. The van der Waals surface area contributed by atoms with Crippen LogP contribution in [-0.2, 0) is 12.8 Å². The molecule has 1 aliphatic carbocycles. The topological polar surface area (TPSA) is 37.8 Å². The molecule has 0 unspecified atom stereocenters. The van der Waals surface area contributed by atoms with Crippen LogP contribution in [0.1, 0.15) is 43.6 Å². The Bertz CT molecular complexity index is 574. The molecule has 0 atom stereocenters. The van der Waals surface area contributed by atoms with Crippen molar-refractivity contribution in [3.05, 3.63) is 16.8 Å². The van der Waals surface area contributed by atoms with Crippen molar-refractivity contribution in [3.63, 3.8) is 0 Å². The summed E-state index contributed by atoms with van der Waals surface area (Å²) in [5.41, 5.74) is 1.51. The van der Waals surface area contributed by atoms with Gasteiger partial charge in [0.1, 0.15) is 17.0 Å². The van der Waals surface area contributed by atoms with Gasteiger partial charge in [-0.05, 0) is 43.6 Å². The number of hydrogen-bond acceptors (Lipinski definition) is 4. The second-order valence-electron chi connectivity index (χ2n) is 5.72. The quantitative estimate of drug-likeness (QED) is 0.915. The Kier molecular flexibility index (Phi) is 3.69. The molecular formula is C15H21N3S. The van der Waals surface area contributed by atoms with Gasteiger partial charge in [-0.25, -0.2) is 9.97 Å². The fourth-order valence-corrected chi connectivity index (χ4v) is 3.93. The summed E-state index contributed by atoms with van der Waals surface area (Å²) in [7, 11) is 0. The molecule has 0 fully saturated rings. The highest BCUT2D eigenvalue weighted by Gasteiger charge is 2.19. The highest BCUT2D eigenvalue weighted by Crippen LogP contribution is 2.38. The standard InChI is InChI=1S/C15H21N3S/c1-10(2)7-8-16-14-13-11-5-3-4-6-12(11)19-15(13)18-9-17-14/h9-10H,3-8H2,1-2H3,(H,16,17,18). The van der Waals surface area contributed by atoms with Crippen molar-refractivity contribution in [2.24, 2.45) is 5.92 Å². The van der Waals surface area contributed by atoms with Crippen molar-refractivity contribution in [2.75, 3.05) is 11.9 Å². The third-order valence-corrected chi connectivity index (χ3v) is 4.97. The highest BCUT2D eigenvalue weighted by molar-refractivity contribution is 7.19. The maximum Gasteiger partial charge on any atom is 0.138 e. The van der Waals surface area contributed by atoms with Crippen molar-refractivity contribution in [1.29, 1.82) is 0 Å². The average Bonchev–Trinajstić information content (AvgIpc) is 2.77. The Labute approximate surface area is 118 Å². The molecule has 0 bridgehead atoms. The predicted octanol–water partition coefficient (Wildman–Crippen LogP) is 4.03. The minimum absolute atomic E-state index is 0.723. The van der Waals surface area contributed by atoms with Gasteiger partial charge in [-0.1, -0.05) is 13.8 Å². The molecule has 2 aromatic heterocycles. The molecule has 102 valence electrons. The molecule has 3 nitrogen and oxygen atoms in total. The molecule has 0 amide bonds. The van der Waals surface area contributed by atoms with Crippen molar-refractivity contribution in [2.45, 2.75) is 46.0 Å². The van der Waals surface area contributed by atoms with Gasteiger partial charge in [-0.15, -0.1) is 11.3 Å². The molecule has 19 heavy (non-hydrogen) atoms. The fraction of sp³-hybridized carbons (Fsp3) is 0.600. The van der Waals surface area contributed by atoms with Crippen LogP contribution in [-0.4, -0.2) is 16.5 Å². The third-order valence-electron chi connectivity index (χ3n) is 3.77. The van der Waals surface area contributed by atoms with E-state index in [2.05, 4.69) is 29.1 Å². The zero-order chi connectivity index (χ0) is 13.2. The summed E-state index contributed by atoms with van der Waals surface area (Å²) < 4.78 is 0. The van der Waals surface area contributed by atoms with E-state index in [4.69, 9.17) is 0 Å². The van der Waals surface area contributed by atoms with Gasteiger partial charge in [0.25, 0.3) is 0 Å². The smallest absolute Gasteiger partial charge is 0.138 e. The molecule has 2 heterocycles. The van der Waals surface area contributed by atoms with Crippen LogP contribution in [0.5, 0.6) is 0 Å². The maximum atomic E-state index is 4.47. The first-order chi connectivity index (χ1) is 9.25. The van der Waals surface area contributed by atoms with Crippen LogP contribution in [0.15, 0.2) is 6.33 Å². The SMILES string of the molecule is CC(C)CCNc1ncnc2sc3c(c12)CCCC3. The molecule has 0 saturated heterocycles. The molecule has 0 aliphatic heterocycles. The van der Waals surface area contributed by atoms with Crippen molar-refractivity contribution in [1.82, 2.24) is 9.97 Å². The summed E-state index contributed by atoms with van der Waals surface area (Å²) in [6.45, 7) is 5.50.